The second-order valence-electron chi connectivity index (χ2n) is 4.40. The van der Waals surface area contributed by atoms with Crippen LogP contribution in [0.1, 0.15) is 29.7 Å². The van der Waals surface area contributed by atoms with Gasteiger partial charge in [0.05, 0.1) is 18.8 Å². The number of ether oxygens (including phenoxy) is 1. The SMILES string of the molecule is CCOc1cncc(C(NC)c2cncc(C)c2)c1. The molecule has 4 nitrogen and oxygen atoms in total. The van der Waals surface area contributed by atoms with Crippen molar-refractivity contribution in [1.82, 2.24) is 15.3 Å². The zero-order chi connectivity index (χ0) is 13.7. The molecular weight excluding hydrogens is 238 g/mol. The largest absolute Gasteiger partial charge is 0.492 e. The van der Waals surface area contributed by atoms with E-state index in [1.54, 1.807) is 6.20 Å². The van der Waals surface area contributed by atoms with Gasteiger partial charge in [-0.05, 0) is 43.7 Å². The molecule has 2 aromatic rings. The normalized spacial score (nSPS) is 12.2. The van der Waals surface area contributed by atoms with Gasteiger partial charge in [-0.15, -0.1) is 0 Å². The van der Waals surface area contributed by atoms with Gasteiger partial charge in [0.2, 0.25) is 0 Å². The highest BCUT2D eigenvalue weighted by atomic mass is 16.5. The Morgan fingerprint density at radius 3 is 2.42 bits per heavy atom. The van der Waals surface area contributed by atoms with E-state index in [1.807, 2.05) is 45.6 Å². The van der Waals surface area contributed by atoms with Crippen molar-refractivity contribution in [3.63, 3.8) is 0 Å². The molecule has 0 aliphatic heterocycles. The van der Waals surface area contributed by atoms with Crippen LogP contribution >= 0.6 is 0 Å². The first-order valence-corrected chi connectivity index (χ1v) is 6.41. The smallest absolute Gasteiger partial charge is 0.137 e. The molecule has 2 rings (SSSR count). The van der Waals surface area contributed by atoms with Gasteiger partial charge in [0, 0.05) is 18.6 Å². The third-order valence-electron chi connectivity index (χ3n) is 2.90. The lowest BCUT2D eigenvalue weighted by Gasteiger charge is -2.17. The monoisotopic (exact) mass is 257 g/mol. The van der Waals surface area contributed by atoms with Gasteiger partial charge in [-0.1, -0.05) is 6.07 Å². The number of pyridine rings is 2. The predicted octanol–water partition coefficient (Wildman–Crippen LogP) is 2.49. The summed E-state index contributed by atoms with van der Waals surface area (Å²) in [7, 11) is 1.93. The van der Waals surface area contributed by atoms with Crippen LogP contribution < -0.4 is 10.1 Å². The van der Waals surface area contributed by atoms with E-state index < -0.39 is 0 Å². The number of aryl methyl sites for hydroxylation is 1. The number of aromatic nitrogens is 2. The summed E-state index contributed by atoms with van der Waals surface area (Å²) in [5.74, 6) is 0.792. The van der Waals surface area contributed by atoms with Crippen molar-refractivity contribution in [1.29, 1.82) is 0 Å². The number of hydrogen-bond acceptors (Lipinski definition) is 4. The van der Waals surface area contributed by atoms with Gasteiger partial charge in [0.15, 0.2) is 0 Å². The summed E-state index contributed by atoms with van der Waals surface area (Å²) < 4.78 is 5.49. The number of rotatable bonds is 5. The molecule has 0 saturated carbocycles. The van der Waals surface area contributed by atoms with Crippen molar-refractivity contribution < 1.29 is 4.74 Å². The van der Waals surface area contributed by atoms with Gasteiger partial charge in [0.1, 0.15) is 5.75 Å². The first-order chi connectivity index (χ1) is 9.24. The van der Waals surface area contributed by atoms with Crippen LogP contribution in [0.25, 0.3) is 0 Å². The Morgan fingerprint density at radius 1 is 1.11 bits per heavy atom. The molecule has 100 valence electrons. The molecule has 2 heterocycles. The second kappa shape index (κ2) is 6.29. The van der Waals surface area contributed by atoms with E-state index in [0.717, 1.165) is 22.4 Å². The highest BCUT2D eigenvalue weighted by Gasteiger charge is 2.13. The molecular formula is C15H19N3O. The molecule has 0 radical (unpaired) electrons. The number of nitrogens with zero attached hydrogens (tertiary/aromatic N) is 2. The van der Waals surface area contributed by atoms with Crippen LogP contribution in [0, 0.1) is 6.92 Å². The fourth-order valence-electron chi connectivity index (χ4n) is 2.10. The molecule has 1 atom stereocenters. The minimum Gasteiger partial charge on any atom is -0.492 e. The number of nitrogens with one attached hydrogen (secondary N) is 1. The molecule has 19 heavy (non-hydrogen) atoms. The van der Waals surface area contributed by atoms with Crippen molar-refractivity contribution in [3.8, 4) is 5.75 Å². The van der Waals surface area contributed by atoms with E-state index in [2.05, 4.69) is 21.4 Å². The Balaban J connectivity index is 2.33. The maximum atomic E-state index is 5.49. The average molecular weight is 257 g/mol. The van der Waals surface area contributed by atoms with E-state index >= 15 is 0 Å². The van der Waals surface area contributed by atoms with Gasteiger partial charge in [-0.3, -0.25) is 9.97 Å². The van der Waals surface area contributed by atoms with Crippen LogP contribution in [-0.2, 0) is 0 Å². The summed E-state index contributed by atoms with van der Waals surface area (Å²) in [4.78, 5) is 8.48. The van der Waals surface area contributed by atoms with E-state index in [1.165, 1.54) is 0 Å². The predicted molar refractivity (Wildman–Crippen MR) is 75.3 cm³/mol. The molecule has 1 N–H and O–H groups in total. The summed E-state index contributed by atoms with van der Waals surface area (Å²) in [6, 6.07) is 4.21. The molecule has 4 heteroatoms. The minimum atomic E-state index is 0.0697. The number of hydrogen-bond donors (Lipinski definition) is 1. The zero-order valence-electron chi connectivity index (χ0n) is 11.6. The van der Waals surface area contributed by atoms with Gasteiger partial charge >= 0.3 is 0 Å². The summed E-state index contributed by atoms with van der Waals surface area (Å²) in [5, 5.41) is 3.30. The van der Waals surface area contributed by atoms with E-state index in [-0.39, 0.29) is 6.04 Å². The molecule has 0 fully saturated rings. The van der Waals surface area contributed by atoms with Crippen molar-refractivity contribution in [3.05, 3.63) is 53.6 Å². The van der Waals surface area contributed by atoms with Crippen molar-refractivity contribution >= 4 is 0 Å². The fraction of sp³-hybridized carbons (Fsp3) is 0.333. The quantitative estimate of drug-likeness (QED) is 0.894. The Morgan fingerprint density at radius 2 is 1.79 bits per heavy atom. The molecule has 0 aliphatic carbocycles. The van der Waals surface area contributed by atoms with Gasteiger partial charge < -0.3 is 10.1 Å². The third kappa shape index (κ3) is 3.29. The van der Waals surface area contributed by atoms with Gasteiger partial charge in [-0.2, -0.15) is 0 Å². The topological polar surface area (TPSA) is 47.0 Å². The third-order valence-corrected chi connectivity index (χ3v) is 2.90. The molecule has 0 aromatic carbocycles. The highest BCUT2D eigenvalue weighted by molar-refractivity contribution is 5.34. The van der Waals surface area contributed by atoms with Crippen LogP contribution in [0.3, 0.4) is 0 Å². The minimum absolute atomic E-state index is 0.0697. The average Bonchev–Trinajstić information content (AvgIpc) is 2.41. The molecule has 0 spiro atoms. The molecule has 0 amide bonds. The van der Waals surface area contributed by atoms with Crippen LogP contribution in [0.2, 0.25) is 0 Å². The molecule has 2 aromatic heterocycles. The molecule has 0 saturated heterocycles. The maximum Gasteiger partial charge on any atom is 0.137 e. The Labute approximate surface area is 113 Å². The van der Waals surface area contributed by atoms with Gasteiger partial charge in [-0.25, -0.2) is 0 Å². The standard InChI is InChI=1S/C15H19N3O/c1-4-19-14-6-13(9-18-10-14)15(16-3)12-5-11(2)7-17-8-12/h5-10,15-16H,4H2,1-3H3. The van der Waals surface area contributed by atoms with Crippen LogP contribution in [0.15, 0.2) is 36.9 Å². The second-order valence-corrected chi connectivity index (χ2v) is 4.40. The summed E-state index contributed by atoms with van der Waals surface area (Å²) in [6.45, 7) is 4.64. The van der Waals surface area contributed by atoms with Crippen LogP contribution in [-0.4, -0.2) is 23.6 Å². The summed E-state index contributed by atoms with van der Waals surface area (Å²) in [5.41, 5.74) is 3.34. The lowest BCUT2D eigenvalue weighted by molar-refractivity contribution is 0.338. The van der Waals surface area contributed by atoms with Crippen molar-refractivity contribution in [2.45, 2.75) is 19.9 Å². The van der Waals surface area contributed by atoms with Crippen molar-refractivity contribution in [2.75, 3.05) is 13.7 Å². The Hall–Kier alpha value is -1.94. The molecule has 0 bridgehead atoms. The fourth-order valence-corrected chi connectivity index (χ4v) is 2.10. The summed E-state index contributed by atoms with van der Waals surface area (Å²) in [6.07, 6.45) is 7.31. The summed E-state index contributed by atoms with van der Waals surface area (Å²) >= 11 is 0. The van der Waals surface area contributed by atoms with Crippen LogP contribution in [0.5, 0.6) is 5.75 Å². The zero-order valence-corrected chi connectivity index (χ0v) is 11.6. The maximum absolute atomic E-state index is 5.49. The molecule has 1 unspecified atom stereocenters. The van der Waals surface area contributed by atoms with Crippen LogP contribution in [0.4, 0.5) is 0 Å². The Kier molecular flexibility index (Phi) is 4.47. The lowest BCUT2D eigenvalue weighted by Crippen LogP contribution is -2.18. The molecule has 0 aliphatic rings. The van der Waals surface area contributed by atoms with E-state index in [9.17, 15) is 0 Å². The highest BCUT2D eigenvalue weighted by Crippen LogP contribution is 2.24. The van der Waals surface area contributed by atoms with E-state index in [0.29, 0.717) is 6.61 Å². The van der Waals surface area contributed by atoms with Crippen molar-refractivity contribution in [2.24, 2.45) is 0 Å². The van der Waals surface area contributed by atoms with Gasteiger partial charge in [0.25, 0.3) is 0 Å². The Bertz CT molecular complexity index is 542. The first-order valence-electron chi connectivity index (χ1n) is 6.41. The lowest BCUT2D eigenvalue weighted by atomic mass is 10.0. The van der Waals surface area contributed by atoms with E-state index in [4.69, 9.17) is 4.74 Å². The first kappa shape index (κ1) is 13.5.